The second kappa shape index (κ2) is 11.9. The molecule has 0 aromatic heterocycles. The Morgan fingerprint density at radius 3 is 2.46 bits per heavy atom. The number of nitrogens with zero attached hydrogens (tertiary/aromatic N) is 2. The molecule has 0 fully saturated rings. The van der Waals surface area contributed by atoms with Crippen molar-refractivity contribution in [1.82, 2.24) is 14.5 Å². The number of carbonyl (C=O) groups is 1. The molecular formula is C31H39N3O4S. The van der Waals surface area contributed by atoms with Crippen molar-refractivity contribution >= 4 is 15.9 Å². The summed E-state index contributed by atoms with van der Waals surface area (Å²) in [6.07, 6.45) is 0.569. The quantitative estimate of drug-likeness (QED) is 0.416. The third kappa shape index (κ3) is 7.06. The van der Waals surface area contributed by atoms with Gasteiger partial charge in [0.25, 0.3) is 5.91 Å². The molecule has 1 aliphatic heterocycles. The average molecular weight is 550 g/mol. The monoisotopic (exact) mass is 549 g/mol. The Hall–Kier alpha value is -3.20. The average Bonchev–Trinajstić information content (AvgIpc) is 2.91. The zero-order valence-electron chi connectivity index (χ0n) is 23.5. The van der Waals surface area contributed by atoms with Crippen molar-refractivity contribution in [3.63, 3.8) is 0 Å². The molecule has 0 saturated carbocycles. The van der Waals surface area contributed by atoms with E-state index >= 15 is 0 Å². The van der Waals surface area contributed by atoms with Crippen LogP contribution < -0.4 is 10.1 Å². The SMILES string of the molecule is COc1cccc(CN(CCNC(=O)c2ccc3c(c2)CCN(S(=O)(=O)c2ccc(C)cc2)C3)C(C)(C)C)c1. The number of fused-ring (bicyclic) bond motifs is 1. The predicted molar refractivity (Wildman–Crippen MR) is 154 cm³/mol. The normalized spacial score (nSPS) is 14.2. The van der Waals surface area contributed by atoms with Crippen LogP contribution in [0.25, 0.3) is 0 Å². The van der Waals surface area contributed by atoms with Gasteiger partial charge in [0.2, 0.25) is 10.0 Å². The first-order chi connectivity index (χ1) is 18.5. The van der Waals surface area contributed by atoms with Crippen LogP contribution in [0.4, 0.5) is 0 Å². The molecule has 1 aliphatic rings. The Bertz CT molecular complexity index is 1410. The maximum Gasteiger partial charge on any atom is 0.251 e. The Morgan fingerprint density at radius 2 is 1.77 bits per heavy atom. The number of nitrogens with one attached hydrogen (secondary N) is 1. The van der Waals surface area contributed by atoms with Crippen molar-refractivity contribution < 1.29 is 17.9 Å². The third-order valence-corrected chi connectivity index (χ3v) is 9.09. The molecule has 1 amide bonds. The molecule has 0 aliphatic carbocycles. The highest BCUT2D eigenvalue weighted by molar-refractivity contribution is 7.89. The van der Waals surface area contributed by atoms with Gasteiger partial charge in [-0.1, -0.05) is 35.9 Å². The summed E-state index contributed by atoms with van der Waals surface area (Å²) in [7, 11) is -1.90. The third-order valence-electron chi connectivity index (χ3n) is 7.23. The van der Waals surface area contributed by atoms with Gasteiger partial charge in [0.05, 0.1) is 12.0 Å². The number of sulfonamides is 1. The van der Waals surface area contributed by atoms with Gasteiger partial charge in [0, 0.05) is 43.8 Å². The van der Waals surface area contributed by atoms with Crippen molar-refractivity contribution in [2.75, 3.05) is 26.7 Å². The predicted octanol–water partition coefficient (Wildman–Crippen LogP) is 4.78. The highest BCUT2D eigenvalue weighted by Gasteiger charge is 2.29. The van der Waals surface area contributed by atoms with Crippen LogP contribution >= 0.6 is 0 Å². The minimum Gasteiger partial charge on any atom is -0.497 e. The lowest BCUT2D eigenvalue weighted by molar-refractivity contribution is 0.0921. The van der Waals surface area contributed by atoms with Crippen LogP contribution in [0.15, 0.2) is 71.6 Å². The van der Waals surface area contributed by atoms with Gasteiger partial charge in [-0.2, -0.15) is 4.31 Å². The number of benzene rings is 3. The van der Waals surface area contributed by atoms with Crippen molar-refractivity contribution in [1.29, 1.82) is 0 Å². The number of amides is 1. The molecule has 0 unspecified atom stereocenters. The Labute approximate surface area is 232 Å². The van der Waals surface area contributed by atoms with E-state index in [-0.39, 0.29) is 11.4 Å². The second-order valence-electron chi connectivity index (χ2n) is 11.1. The first-order valence-electron chi connectivity index (χ1n) is 13.3. The number of methoxy groups -OCH3 is 1. The van der Waals surface area contributed by atoms with E-state index in [2.05, 4.69) is 37.1 Å². The Kier molecular flexibility index (Phi) is 8.79. The number of hydrogen-bond donors (Lipinski definition) is 1. The van der Waals surface area contributed by atoms with Crippen LogP contribution in [0, 0.1) is 6.92 Å². The van der Waals surface area contributed by atoms with Gasteiger partial charge in [-0.15, -0.1) is 0 Å². The molecule has 0 radical (unpaired) electrons. The van der Waals surface area contributed by atoms with Crippen LogP contribution in [-0.2, 0) is 29.5 Å². The topological polar surface area (TPSA) is 79.0 Å². The van der Waals surface area contributed by atoms with Gasteiger partial charge in [-0.25, -0.2) is 8.42 Å². The van der Waals surface area contributed by atoms with Gasteiger partial charge >= 0.3 is 0 Å². The van der Waals surface area contributed by atoms with Crippen LogP contribution in [0.5, 0.6) is 5.75 Å². The Balaban J connectivity index is 1.37. The molecular weight excluding hydrogens is 510 g/mol. The Morgan fingerprint density at radius 1 is 1.03 bits per heavy atom. The van der Waals surface area contributed by atoms with Crippen molar-refractivity contribution in [2.24, 2.45) is 0 Å². The van der Waals surface area contributed by atoms with Gasteiger partial charge in [-0.3, -0.25) is 9.69 Å². The van der Waals surface area contributed by atoms with Gasteiger partial charge in [0.1, 0.15) is 5.75 Å². The summed E-state index contributed by atoms with van der Waals surface area (Å²) in [6.45, 7) is 11.1. The van der Waals surface area contributed by atoms with Crippen LogP contribution in [0.3, 0.4) is 0 Å². The number of rotatable bonds is 9. The molecule has 1 heterocycles. The highest BCUT2D eigenvalue weighted by Crippen LogP contribution is 2.26. The van der Waals surface area contributed by atoms with Crippen molar-refractivity contribution in [3.8, 4) is 5.75 Å². The fraction of sp³-hybridized carbons (Fsp3) is 0.387. The molecule has 3 aromatic carbocycles. The first-order valence-corrected chi connectivity index (χ1v) is 14.8. The van der Waals surface area contributed by atoms with Crippen molar-refractivity contribution in [3.05, 3.63) is 94.5 Å². The fourth-order valence-electron chi connectivity index (χ4n) is 4.78. The number of aryl methyl sites for hydroxylation is 1. The minimum atomic E-state index is -3.56. The van der Waals surface area contributed by atoms with E-state index in [0.717, 1.165) is 34.5 Å². The number of hydrogen-bond acceptors (Lipinski definition) is 5. The number of carbonyl (C=O) groups excluding carboxylic acids is 1. The summed E-state index contributed by atoms with van der Waals surface area (Å²) in [4.78, 5) is 15.6. The molecule has 4 rings (SSSR count). The van der Waals surface area contributed by atoms with E-state index in [1.807, 2.05) is 49.4 Å². The maximum atomic E-state index is 13.1. The minimum absolute atomic E-state index is 0.0790. The molecule has 1 N–H and O–H groups in total. The summed E-state index contributed by atoms with van der Waals surface area (Å²) < 4.78 is 33.1. The lowest BCUT2D eigenvalue weighted by atomic mass is 9.98. The van der Waals surface area contributed by atoms with E-state index in [0.29, 0.717) is 43.1 Å². The van der Waals surface area contributed by atoms with Gasteiger partial charge < -0.3 is 10.1 Å². The first kappa shape index (κ1) is 28.8. The summed E-state index contributed by atoms with van der Waals surface area (Å²) in [6, 6.07) is 20.6. The maximum absolute atomic E-state index is 13.1. The van der Waals surface area contributed by atoms with Crippen LogP contribution in [-0.4, -0.2) is 55.8 Å². The lowest BCUT2D eigenvalue weighted by Crippen LogP contribution is -2.45. The van der Waals surface area contributed by atoms with Crippen molar-refractivity contribution in [2.45, 2.75) is 57.6 Å². The summed E-state index contributed by atoms with van der Waals surface area (Å²) >= 11 is 0. The molecule has 0 bridgehead atoms. The van der Waals surface area contributed by atoms with Crippen LogP contribution in [0.2, 0.25) is 0 Å². The summed E-state index contributed by atoms with van der Waals surface area (Å²) in [5.74, 6) is 0.709. The van der Waals surface area contributed by atoms with Gasteiger partial charge in [0.15, 0.2) is 0 Å². The molecule has 8 heteroatoms. The zero-order chi connectivity index (χ0) is 28.2. The van der Waals surface area contributed by atoms with E-state index in [1.165, 1.54) is 4.31 Å². The second-order valence-corrected chi connectivity index (χ2v) is 13.0. The van der Waals surface area contributed by atoms with Crippen LogP contribution in [0.1, 0.15) is 53.4 Å². The molecule has 0 saturated heterocycles. The standard InChI is InChI=1S/C31H39N3O4S/c1-23-9-13-29(14-10-23)39(36,37)34-17-15-25-20-26(11-12-27(25)22-34)30(35)32-16-18-33(31(2,3)4)21-24-7-6-8-28(19-24)38-5/h6-14,19-20H,15-18,21-22H2,1-5H3,(H,32,35). The molecule has 7 nitrogen and oxygen atoms in total. The molecule has 0 atom stereocenters. The fourth-order valence-corrected chi connectivity index (χ4v) is 6.20. The smallest absolute Gasteiger partial charge is 0.251 e. The molecule has 208 valence electrons. The van der Waals surface area contributed by atoms with Gasteiger partial charge in [-0.05, 0) is 87.2 Å². The van der Waals surface area contributed by atoms with E-state index in [1.54, 1.807) is 25.3 Å². The van der Waals surface area contributed by atoms with E-state index in [9.17, 15) is 13.2 Å². The lowest BCUT2D eigenvalue weighted by Gasteiger charge is -2.36. The number of ether oxygens (including phenoxy) is 1. The molecule has 0 spiro atoms. The zero-order valence-corrected chi connectivity index (χ0v) is 24.3. The largest absolute Gasteiger partial charge is 0.497 e. The van der Waals surface area contributed by atoms with E-state index < -0.39 is 10.0 Å². The molecule has 39 heavy (non-hydrogen) atoms. The summed E-state index contributed by atoms with van der Waals surface area (Å²) in [5.41, 5.74) is 4.65. The molecule has 3 aromatic rings. The van der Waals surface area contributed by atoms with E-state index in [4.69, 9.17) is 4.74 Å². The summed E-state index contributed by atoms with van der Waals surface area (Å²) in [5, 5.41) is 3.06. The highest BCUT2D eigenvalue weighted by atomic mass is 32.2.